The zero-order chi connectivity index (χ0) is 17.6. The summed E-state index contributed by atoms with van der Waals surface area (Å²) in [4.78, 5) is 16.3. The molecule has 0 aliphatic heterocycles. The largest absolute Gasteiger partial charge is 0.347 e. The minimum Gasteiger partial charge on any atom is -0.347 e. The van der Waals surface area contributed by atoms with Crippen LogP contribution in [0.1, 0.15) is 23.9 Å². The van der Waals surface area contributed by atoms with Crippen LogP contribution >= 0.6 is 11.6 Å². The van der Waals surface area contributed by atoms with Gasteiger partial charge in [-0.15, -0.1) is 0 Å². The van der Waals surface area contributed by atoms with Gasteiger partial charge >= 0.3 is 0 Å². The van der Waals surface area contributed by atoms with Crippen molar-refractivity contribution in [2.45, 2.75) is 26.3 Å². The van der Waals surface area contributed by atoms with Crippen molar-refractivity contribution in [2.75, 3.05) is 0 Å². The molecule has 1 aromatic heterocycles. The monoisotopic (exact) mass is 355 g/mol. The first-order valence-corrected chi connectivity index (χ1v) is 8.45. The van der Waals surface area contributed by atoms with E-state index in [0.717, 1.165) is 17.5 Å². The fourth-order valence-corrected chi connectivity index (χ4v) is 2.58. The first-order chi connectivity index (χ1) is 12.1. The zero-order valence-electron chi connectivity index (χ0n) is 13.8. The van der Waals surface area contributed by atoms with Gasteiger partial charge in [-0.3, -0.25) is 4.79 Å². The number of aromatic nitrogens is 2. The molecule has 5 nitrogen and oxygen atoms in total. The second-order valence-corrected chi connectivity index (χ2v) is 6.08. The fraction of sp³-hybridized carbons (Fsp3) is 0.211. The predicted octanol–water partition coefficient (Wildman–Crippen LogP) is 3.81. The Morgan fingerprint density at radius 2 is 1.92 bits per heavy atom. The number of hydrogen-bond acceptors (Lipinski definition) is 4. The van der Waals surface area contributed by atoms with E-state index in [2.05, 4.69) is 22.4 Å². The van der Waals surface area contributed by atoms with Gasteiger partial charge in [0.15, 0.2) is 0 Å². The summed E-state index contributed by atoms with van der Waals surface area (Å²) in [6.45, 7) is 2.29. The van der Waals surface area contributed by atoms with Crippen molar-refractivity contribution in [3.63, 3.8) is 0 Å². The third-order valence-corrected chi connectivity index (χ3v) is 4.02. The number of carbonyl (C=O) groups is 1. The zero-order valence-corrected chi connectivity index (χ0v) is 14.6. The van der Waals surface area contributed by atoms with E-state index < -0.39 is 0 Å². The Kier molecular flexibility index (Phi) is 5.46. The molecule has 1 amide bonds. The molecule has 0 bridgehead atoms. The van der Waals surface area contributed by atoms with E-state index in [1.807, 2.05) is 36.4 Å². The van der Waals surface area contributed by atoms with Crippen molar-refractivity contribution in [1.82, 2.24) is 15.5 Å². The molecule has 0 saturated carbocycles. The lowest BCUT2D eigenvalue weighted by Crippen LogP contribution is -2.24. The Morgan fingerprint density at radius 3 is 2.64 bits per heavy atom. The Morgan fingerprint density at radius 1 is 1.16 bits per heavy atom. The van der Waals surface area contributed by atoms with Crippen molar-refractivity contribution >= 4 is 17.5 Å². The number of aryl methyl sites for hydroxylation is 1. The highest BCUT2D eigenvalue weighted by Crippen LogP contribution is 2.19. The molecule has 0 fully saturated rings. The molecule has 3 aromatic rings. The topological polar surface area (TPSA) is 68.0 Å². The standard InChI is InChI=1S/C19H18ClN3O2/c1-2-13-6-8-14(9-7-13)10-17(24)21-12-18-22-19(23-25-18)15-4-3-5-16(20)11-15/h3-9,11H,2,10,12H2,1H3,(H,21,24). The van der Waals surface area contributed by atoms with Gasteiger partial charge in [0.1, 0.15) is 0 Å². The summed E-state index contributed by atoms with van der Waals surface area (Å²) in [6, 6.07) is 15.2. The summed E-state index contributed by atoms with van der Waals surface area (Å²) in [5, 5.41) is 7.31. The van der Waals surface area contributed by atoms with Gasteiger partial charge in [-0.05, 0) is 29.7 Å². The van der Waals surface area contributed by atoms with Crippen LogP contribution < -0.4 is 5.32 Å². The minimum absolute atomic E-state index is 0.0910. The van der Waals surface area contributed by atoms with Crippen LogP contribution in [0.25, 0.3) is 11.4 Å². The number of amides is 1. The molecule has 0 aliphatic carbocycles. The lowest BCUT2D eigenvalue weighted by Gasteiger charge is -2.03. The van der Waals surface area contributed by atoms with E-state index in [9.17, 15) is 4.79 Å². The van der Waals surface area contributed by atoms with Gasteiger partial charge in [-0.25, -0.2) is 0 Å². The number of nitrogens with one attached hydrogen (secondary N) is 1. The van der Waals surface area contributed by atoms with Crippen LogP contribution in [0.2, 0.25) is 5.02 Å². The summed E-state index contributed by atoms with van der Waals surface area (Å²) in [5.41, 5.74) is 2.99. The summed E-state index contributed by atoms with van der Waals surface area (Å²) >= 11 is 5.96. The number of rotatable bonds is 6. The molecule has 1 N–H and O–H groups in total. The molecule has 25 heavy (non-hydrogen) atoms. The molecule has 1 heterocycles. The first-order valence-electron chi connectivity index (χ1n) is 8.07. The van der Waals surface area contributed by atoms with Crippen LogP contribution in [-0.2, 0) is 24.2 Å². The lowest BCUT2D eigenvalue weighted by molar-refractivity contribution is -0.120. The fourth-order valence-electron chi connectivity index (χ4n) is 2.39. The van der Waals surface area contributed by atoms with E-state index in [4.69, 9.17) is 16.1 Å². The number of halogens is 1. The molecule has 128 valence electrons. The smallest absolute Gasteiger partial charge is 0.246 e. The van der Waals surface area contributed by atoms with Gasteiger partial charge in [0, 0.05) is 10.6 Å². The van der Waals surface area contributed by atoms with Crippen molar-refractivity contribution in [3.8, 4) is 11.4 Å². The molecule has 6 heteroatoms. The second kappa shape index (κ2) is 7.94. The summed E-state index contributed by atoms with van der Waals surface area (Å²) in [6.07, 6.45) is 1.30. The SMILES string of the molecule is CCc1ccc(CC(=O)NCc2nc(-c3cccc(Cl)c3)no2)cc1. The van der Waals surface area contributed by atoms with Gasteiger partial charge < -0.3 is 9.84 Å². The summed E-state index contributed by atoms with van der Waals surface area (Å²) in [5.74, 6) is 0.707. The van der Waals surface area contributed by atoms with Crippen LogP contribution in [-0.4, -0.2) is 16.0 Å². The Balaban J connectivity index is 1.55. The van der Waals surface area contributed by atoms with E-state index in [1.54, 1.807) is 12.1 Å². The van der Waals surface area contributed by atoms with E-state index in [0.29, 0.717) is 23.2 Å². The van der Waals surface area contributed by atoms with Crippen molar-refractivity contribution in [2.24, 2.45) is 0 Å². The molecule has 2 aromatic carbocycles. The van der Waals surface area contributed by atoms with Crippen molar-refractivity contribution in [1.29, 1.82) is 0 Å². The molecular formula is C19H18ClN3O2. The number of nitrogens with zero attached hydrogens (tertiary/aromatic N) is 2. The molecule has 3 rings (SSSR count). The number of benzene rings is 2. The maximum Gasteiger partial charge on any atom is 0.246 e. The predicted molar refractivity (Wildman–Crippen MR) is 96.1 cm³/mol. The molecule has 0 unspecified atom stereocenters. The van der Waals surface area contributed by atoms with E-state index >= 15 is 0 Å². The molecule has 0 atom stereocenters. The molecule has 0 radical (unpaired) electrons. The van der Waals surface area contributed by atoms with Crippen molar-refractivity contribution < 1.29 is 9.32 Å². The van der Waals surface area contributed by atoms with Gasteiger partial charge in [0.05, 0.1) is 13.0 Å². The highest BCUT2D eigenvalue weighted by atomic mass is 35.5. The number of carbonyl (C=O) groups excluding carboxylic acids is 1. The third-order valence-electron chi connectivity index (χ3n) is 3.78. The molecule has 0 aliphatic rings. The summed E-state index contributed by atoms with van der Waals surface area (Å²) < 4.78 is 5.17. The normalized spacial score (nSPS) is 10.6. The number of hydrogen-bond donors (Lipinski definition) is 1. The Hall–Kier alpha value is -2.66. The van der Waals surface area contributed by atoms with E-state index in [1.165, 1.54) is 5.56 Å². The van der Waals surface area contributed by atoms with Gasteiger partial charge in [-0.1, -0.05) is 60.1 Å². The van der Waals surface area contributed by atoms with Crippen LogP contribution in [0.4, 0.5) is 0 Å². The van der Waals surface area contributed by atoms with Crippen LogP contribution in [0.3, 0.4) is 0 Å². The molecular weight excluding hydrogens is 338 g/mol. The maximum atomic E-state index is 12.0. The molecule has 0 spiro atoms. The minimum atomic E-state index is -0.0910. The summed E-state index contributed by atoms with van der Waals surface area (Å²) in [7, 11) is 0. The van der Waals surface area contributed by atoms with E-state index in [-0.39, 0.29) is 12.5 Å². The van der Waals surface area contributed by atoms with Gasteiger partial charge in [-0.2, -0.15) is 4.98 Å². The second-order valence-electron chi connectivity index (χ2n) is 5.65. The van der Waals surface area contributed by atoms with Crippen LogP contribution in [0.15, 0.2) is 53.1 Å². The average molecular weight is 356 g/mol. The quantitative estimate of drug-likeness (QED) is 0.730. The highest BCUT2D eigenvalue weighted by Gasteiger charge is 2.10. The average Bonchev–Trinajstić information content (AvgIpc) is 3.10. The van der Waals surface area contributed by atoms with Gasteiger partial charge in [0.2, 0.25) is 17.6 Å². The molecule has 0 saturated heterocycles. The maximum absolute atomic E-state index is 12.0. The third kappa shape index (κ3) is 4.67. The van der Waals surface area contributed by atoms with Gasteiger partial charge in [0.25, 0.3) is 0 Å². The van der Waals surface area contributed by atoms with Crippen LogP contribution in [0.5, 0.6) is 0 Å². The highest BCUT2D eigenvalue weighted by molar-refractivity contribution is 6.30. The Labute approximate surface area is 151 Å². The first kappa shape index (κ1) is 17.2. The Bertz CT molecular complexity index is 859. The van der Waals surface area contributed by atoms with Crippen molar-refractivity contribution in [3.05, 3.63) is 70.6 Å². The van der Waals surface area contributed by atoms with Crippen LogP contribution in [0, 0.1) is 0 Å². The lowest BCUT2D eigenvalue weighted by atomic mass is 10.1.